The van der Waals surface area contributed by atoms with Gasteiger partial charge in [0.1, 0.15) is 17.3 Å². The Morgan fingerprint density at radius 3 is 2.67 bits per heavy atom. The van der Waals surface area contributed by atoms with Crippen LogP contribution in [0.15, 0.2) is 57.9 Å². The zero-order valence-corrected chi connectivity index (χ0v) is 16.1. The van der Waals surface area contributed by atoms with Crippen LogP contribution >= 0.6 is 11.8 Å². The van der Waals surface area contributed by atoms with Crippen molar-refractivity contribution in [1.29, 1.82) is 0 Å². The van der Waals surface area contributed by atoms with E-state index in [1.807, 2.05) is 31.2 Å². The first-order valence-corrected chi connectivity index (χ1v) is 9.26. The van der Waals surface area contributed by atoms with Crippen molar-refractivity contribution < 1.29 is 18.8 Å². The Hall–Kier alpha value is -2.93. The van der Waals surface area contributed by atoms with E-state index in [0.717, 1.165) is 16.3 Å². The summed E-state index contributed by atoms with van der Waals surface area (Å²) in [7, 11) is 3.13. The van der Waals surface area contributed by atoms with Crippen molar-refractivity contribution in [2.45, 2.75) is 17.6 Å². The van der Waals surface area contributed by atoms with Crippen LogP contribution in [0.25, 0.3) is 0 Å². The van der Waals surface area contributed by atoms with Gasteiger partial charge in [-0.05, 0) is 31.2 Å². The van der Waals surface area contributed by atoms with Gasteiger partial charge in [0.05, 0.1) is 36.9 Å². The second kappa shape index (κ2) is 8.64. The van der Waals surface area contributed by atoms with Crippen molar-refractivity contribution in [2.24, 2.45) is 0 Å². The molecule has 0 atom stereocenters. The molecule has 0 saturated heterocycles. The third-order valence-electron chi connectivity index (χ3n) is 3.83. The van der Waals surface area contributed by atoms with Crippen LogP contribution in [0, 0.1) is 6.92 Å². The molecule has 3 rings (SSSR count). The number of thioether (sulfide) groups is 1. The summed E-state index contributed by atoms with van der Waals surface area (Å²) in [5.74, 6) is 2.33. The summed E-state index contributed by atoms with van der Waals surface area (Å²) in [6, 6.07) is 14.6. The van der Waals surface area contributed by atoms with Crippen molar-refractivity contribution in [3.05, 3.63) is 65.5 Å². The van der Waals surface area contributed by atoms with E-state index < -0.39 is 0 Å². The standard InChI is InChI=1S/C20H20N2O4S/c1-13-10-15(26-22-13)12-27-19-7-5-4-6-16(19)20(23)21-17-11-14(24-2)8-9-18(17)25-3/h4-11H,12H2,1-3H3,(H,21,23). The van der Waals surface area contributed by atoms with Gasteiger partial charge in [-0.1, -0.05) is 17.3 Å². The first-order valence-electron chi connectivity index (χ1n) is 8.28. The number of aromatic nitrogens is 1. The third-order valence-corrected chi connectivity index (χ3v) is 4.93. The highest BCUT2D eigenvalue weighted by Gasteiger charge is 2.15. The van der Waals surface area contributed by atoms with Crippen molar-refractivity contribution in [3.8, 4) is 11.5 Å². The van der Waals surface area contributed by atoms with Crippen molar-refractivity contribution in [3.63, 3.8) is 0 Å². The Kier molecular flexibility index (Phi) is 6.03. The van der Waals surface area contributed by atoms with Crippen LogP contribution in [-0.4, -0.2) is 25.3 Å². The lowest BCUT2D eigenvalue weighted by Gasteiger charge is -2.13. The number of anilines is 1. The van der Waals surface area contributed by atoms with Crippen LogP contribution in [0.3, 0.4) is 0 Å². The molecule has 27 heavy (non-hydrogen) atoms. The number of hydrogen-bond acceptors (Lipinski definition) is 6. The smallest absolute Gasteiger partial charge is 0.256 e. The highest BCUT2D eigenvalue weighted by Crippen LogP contribution is 2.31. The fourth-order valence-corrected chi connectivity index (χ4v) is 3.44. The Labute approximate surface area is 161 Å². The molecule has 0 aliphatic heterocycles. The number of carbonyl (C=O) groups excluding carboxylic acids is 1. The summed E-state index contributed by atoms with van der Waals surface area (Å²) >= 11 is 1.52. The number of carbonyl (C=O) groups is 1. The molecule has 0 bridgehead atoms. The van der Waals surface area contributed by atoms with E-state index in [1.165, 1.54) is 11.8 Å². The lowest BCUT2D eigenvalue weighted by molar-refractivity contribution is 0.102. The van der Waals surface area contributed by atoms with Gasteiger partial charge in [0.2, 0.25) is 0 Å². The zero-order chi connectivity index (χ0) is 19.2. The van der Waals surface area contributed by atoms with Crippen LogP contribution in [0.2, 0.25) is 0 Å². The van der Waals surface area contributed by atoms with Crippen LogP contribution in [0.1, 0.15) is 21.8 Å². The lowest BCUT2D eigenvalue weighted by atomic mass is 10.2. The SMILES string of the molecule is COc1ccc(OC)c(NC(=O)c2ccccc2SCc2cc(C)no2)c1. The van der Waals surface area contributed by atoms with Crippen LogP contribution in [0.4, 0.5) is 5.69 Å². The van der Waals surface area contributed by atoms with Crippen molar-refractivity contribution in [1.82, 2.24) is 5.16 Å². The van der Waals surface area contributed by atoms with Crippen molar-refractivity contribution >= 4 is 23.4 Å². The molecule has 1 heterocycles. The van der Waals surface area contributed by atoms with Gasteiger partial charge in [-0.2, -0.15) is 0 Å². The number of nitrogens with one attached hydrogen (secondary N) is 1. The van der Waals surface area contributed by atoms with Gasteiger partial charge in [-0.3, -0.25) is 4.79 Å². The second-order valence-electron chi connectivity index (χ2n) is 5.74. The molecule has 1 N–H and O–H groups in total. The van der Waals surface area contributed by atoms with Gasteiger partial charge >= 0.3 is 0 Å². The largest absolute Gasteiger partial charge is 0.497 e. The van der Waals surface area contributed by atoms with E-state index in [4.69, 9.17) is 14.0 Å². The molecule has 0 aliphatic carbocycles. The molecule has 1 amide bonds. The summed E-state index contributed by atoms with van der Waals surface area (Å²) in [4.78, 5) is 13.7. The van der Waals surface area contributed by atoms with Gasteiger partial charge < -0.3 is 19.3 Å². The number of nitrogens with zero attached hydrogens (tertiary/aromatic N) is 1. The Bertz CT molecular complexity index is 939. The first kappa shape index (κ1) is 18.8. The van der Waals surface area contributed by atoms with Gasteiger partial charge in [-0.15, -0.1) is 11.8 Å². The number of hydrogen-bond donors (Lipinski definition) is 1. The minimum atomic E-state index is -0.224. The van der Waals surface area contributed by atoms with Gasteiger partial charge in [0.15, 0.2) is 0 Å². The molecule has 0 saturated carbocycles. The lowest BCUT2D eigenvalue weighted by Crippen LogP contribution is -2.13. The average molecular weight is 384 g/mol. The Balaban J connectivity index is 1.79. The number of ether oxygens (including phenoxy) is 2. The molecule has 2 aromatic carbocycles. The van der Waals surface area contributed by atoms with Gasteiger partial charge in [-0.25, -0.2) is 0 Å². The maximum absolute atomic E-state index is 12.9. The molecule has 1 aromatic heterocycles. The van der Waals surface area contributed by atoms with E-state index in [0.29, 0.717) is 28.5 Å². The monoisotopic (exact) mass is 384 g/mol. The van der Waals surface area contributed by atoms with Crippen LogP contribution < -0.4 is 14.8 Å². The number of amides is 1. The van der Waals surface area contributed by atoms with Crippen LogP contribution in [-0.2, 0) is 5.75 Å². The molecular formula is C20H20N2O4S. The average Bonchev–Trinajstić information content (AvgIpc) is 3.11. The molecule has 0 spiro atoms. The number of aryl methyl sites for hydroxylation is 1. The zero-order valence-electron chi connectivity index (χ0n) is 15.3. The number of methoxy groups -OCH3 is 2. The van der Waals surface area contributed by atoms with E-state index >= 15 is 0 Å². The van der Waals surface area contributed by atoms with Gasteiger partial charge in [0.25, 0.3) is 5.91 Å². The molecule has 0 aliphatic rings. The molecular weight excluding hydrogens is 364 g/mol. The summed E-state index contributed by atoms with van der Waals surface area (Å²) in [6.07, 6.45) is 0. The summed E-state index contributed by atoms with van der Waals surface area (Å²) in [5.41, 5.74) is 1.96. The maximum atomic E-state index is 12.9. The predicted molar refractivity (Wildman–Crippen MR) is 105 cm³/mol. The highest BCUT2D eigenvalue weighted by atomic mass is 32.2. The minimum absolute atomic E-state index is 0.224. The van der Waals surface area contributed by atoms with E-state index in [-0.39, 0.29) is 5.91 Å². The molecule has 3 aromatic rings. The maximum Gasteiger partial charge on any atom is 0.256 e. The third kappa shape index (κ3) is 4.62. The molecule has 7 heteroatoms. The number of rotatable bonds is 7. The molecule has 6 nitrogen and oxygen atoms in total. The molecule has 0 radical (unpaired) electrons. The fourth-order valence-electron chi connectivity index (χ4n) is 2.51. The van der Waals surface area contributed by atoms with Crippen molar-refractivity contribution in [2.75, 3.05) is 19.5 Å². The topological polar surface area (TPSA) is 73.6 Å². The summed E-state index contributed by atoms with van der Waals surface area (Å²) in [5, 5.41) is 6.79. The second-order valence-corrected chi connectivity index (χ2v) is 6.76. The number of benzene rings is 2. The molecule has 0 unspecified atom stereocenters. The molecule has 0 fully saturated rings. The normalized spacial score (nSPS) is 10.5. The van der Waals surface area contributed by atoms with E-state index in [1.54, 1.807) is 38.5 Å². The Morgan fingerprint density at radius 1 is 1.15 bits per heavy atom. The quantitative estimate of drug-likeness (QED) is 0.603. The fraction of sp³-hybridized carbons (Fsp3) is 0.200. The van der Waals surface area contributed by atoms with E-state index in [9.17, 15) is 4.79 Å². The minimum Gasteiger partial charge on any atom is -0.497 e. The summed E-state index contributed by atoms with van der Waals surface area (Å²) in [6.45, 7) is 1.88. The van der Waals surface area contributed by atoms with E-state index in [2.05, 4.69) is 10.5 Å². The highest BCUT2D eigenvalue weighted by molar-refractivity contribution is 7.98. The van der Waals surface area contributed by atoms with Gasteiger partial charge in [0, 0.05) is 17.0 Å². The molecule has 140 valence electrons. The Morgan fingerprint density at radius 2 is 1.96 bits per heavy atom. The predicted octanol–water partition coefficient (Wildman–Crippen LogP) is 4.54. The summed E-state index contributed by atoms with van der Waals surface area (Å²) < 4.78 is 15.8. The van der Waals surface area contributed by atoms with Crippen LogP contribution in [0.5, 0.6) is 11.5 Å². The first-order chi connectivity index (χ1) is 13.1.